The maximum atomic E-state index is 11.3. The van der Waals surface area contributed by atoms with Crippen LogP contribution in [0.1, 0.15) is 15.9 Å². The first-order valence-electron chi connectivity index (χ1n) is 6.09. The molecule has 0 spiro atoms. The molecule has 0 unspecified atom stereocenters. The monoisotopic (exact) mass is 323 g/mol. The Labute approximate surface area is 152 Å². The number of aromatic carboxylic acids is 1. The maximum absolute atomic E-state index is 11.3. The third kappa shape index (κ3) is 4.59. The Balaban J connectivity index is 0.00000264. The van der Waals surface area contributed by atoms with E-state index in [1.807, 2.05) is 0 Å². The van der Waals surface area contributed by atoms with E-state index in [9.17, 15) is 20.0 Å². The molecule has 0 radical (unpaired) electrons. The third-order valence-electron chi connectivity index (χ3n) is 2.79. The average molecular weight is 323 g/mol. The molecule has 0 heterocycles. The Kier molecular flexibility index (Phi) is 6.38. The van der Waals surface area contributed by atoms with Crippen LogP contribution in [-0.2, 0) is 0 Å². The Morgan fingerprint density at radius 1 is 1.17 bits per heavy atom. The van der Waals surface area contributed by atoms with Gasteiger partial charge >= 0.3 is 35.5 Å². The number of carboxylic acids is 1. The third-order valence-corrected chi connectivity index (χ3v) is 2.79. The van der Waals surface area contributed by atoms with Gasteiger partial charge in [-0.25, -0.2) is 4.79 Å². The molecular weight excluding hydrogens is 313 g/mol. The number of nitro benzene ring substituents is 1. The zero-order chi connectivity index (χ0) is 16.3. The van der Waals surface area contributed by atoms with Crippen molar-refractivity contribution in [3.63, 3.8) is 0 Å². The van der Waals surface area contributed by atoms with Gasteiger partial charge in [-0.1, -0.05) is 17.9 Å². The fraction of sp³-hybridized carbons (Fsp3) is 0.0714. The van der Waals surface area contributed by atoms with Crippen molar-refractivity contribution < 1.29 is 49.5 Å². The molecule has 0 aromatic heterocycles. The molecule has 2 aromatic rings. The van der Waals surface area contributed by atoms with Crippen LogP contribution in [0.5, 0.6) is 5.75 Å². The number of benzene rings is 2. The summed E-state index contributed by atoms with van der Waals surface area (Å²) in [5.41, 5.74) is 0.220. The standard InChI is InChI=1S/C14H11N3O5.Na/c1-8-2-4-11(12(6-8)17(21)22)16-15-9-3-5-13(18)10(7-9)14(19)20;/h2-7,18H,1H3,(H,19,20);/q;+1/p-1. The van der Waals surface area contributed by atoms with E-state index in [4.69, 9.17) is 5.11 Å². The zero-order valence-corrected chi connectivity index (χ0v) is 14.4. The van der Waals surface area contributed by atoms with Crippen LogP contribution in [0.15, 0.2) is 46.6 Å². The summed E-state index contributed by atoms with van der Waals surface area (Å²) in [6.45, 7) is 1.71. The predicted octanol–water partition coefficient (Wildman–Crippen LogP) is 0.0944. The summed E-state index contributed by atoms with van der Waals surface area (Å²) >= 11 is 0. The number of rotatable bonds is 4. The Bertz CT molecular complexity index is 792. The van der Waals surface area contributed by atoms with E-state index in [0.717, 1.165) is 12.1 Å². The van der Waals surface area contributed by atoms with E-state index >= 15 is 0 Å². The van der Waals surface area contributed by atoms with Crippen molar-refractivity contribution in [3.8, 4) is 5.75 Å². The van der Waals surface area contributed by atoms with E-state index in [-0.39, 0.29) is 46.6 Å². The molecule has 0 saturated heterocycles. The quantitative estimate of drug-likeness (QED) is 0.369. The number of carbonyl (C=O) groups is 1. The second kappa shape index (κ2) is 7.82. The summed E-state index contributed by atoms with van der Waals surface area (Å²) in [4.78, 5) is 21.2. The van der Waals surface area contributed by atoms with Crippen molar-refractivity contribution in [2.24, 2.45) is 10.2 Å². The van der Waals surface area contributed by atoms with Gasteiger partial charge in [-0.2, -0.15) is 5.11 Å². The van der Waals surface area contributed by atoms with Gasteiger partial charge in [0.25, 0.3) is 5.69 Å². The molecule has 112 valence electrons. The van der Waals surface area contributed by atoms with Crippen LogP contribution < -0.4 is 34.7 Å². The number of nitrogens with zero attached hydrogens (tertiary/aromatic N) is 3. The number of nitro groups is 1. The second-order valence-electron chi connectivity index (χ2n) is 4.43. The van der Waals surface area contributed by atoms with E-state index in [1.54, 1.807) is 13.0 Å². The molecule has 0 bridgehead atoms. The minimum atomic E-state index is -1.37. The molecule has 0 aliphatic carbocycles. The number of hydrogen-bond donors (Lipinski definition) is 1. The summed E-state index contributed by atoms with van der Waals surface area (Å²) < 4.78 is 0. The fourth-order valence-electron chi connectivity index (χ4n) is 1.72. The molecule has 2 aromatic carbocycles. The van der Waals surface area contributed by atoms with Crippen LogP contribution in [0, 0.1) is 17.0 Å². The van der Waals surface area contributed by atoms with Gasteiger partial charge in [0.05, 0.1) is 16.2 Å². The Hall–Kier alpha value is -2.29. The van der Waals surface area contributed by atoms with Gasteiger partial charge in [0.2, 0.25) is 0 Å². The molecule has 2 rings (SSSR count). The molecule has 9 heteroatoms. The number of hydrogen-bond acceptors (Lipinski definition) is 6. The zero-order valence-electron chi connectivity index (χ0n) is 12.4. The minimum absolute atomic E-state index is 0. The molecular formula is C14H10N3NaO5. The molecule has 0 aliphatic rings. The number of carboxylic acid groups (broad SMARTS) is 1. The van der Waals surface area contributed by atoms with Gasteiger partial charge in [0.15, 0.2) is 5.69 Å². The summed E-state index contributed by atoms with van der Waals surface area (Å²) in [7, 11) is 0. The summed E-state index contributed by atoms with van der Waals surface area (Å²) in [6, 6.07) is 7.85. The molecule has 8 nitrogen and oxygen atoms in total. The summed E-state index contributed by atoms with van der Waals surface area (Å²) in [6.07, 6.45) is 0. The topological polar surface area (TPSA) is 128 Å². The van der Waals surface area contributed by atoms with Gasteiger partial charge in [0, 0.05) is 6.07 Å². The van der Waals surface area contributed by atoms with Crippen molar-refractivity contribution in [2.45, 2.75) is 6.92 Å². The summed E-state index contributed by atoms with van der Waals surface area (Å²) in [5, 5.41) is 38.7. The number of azo groups is 1. The van der Waals surface area contributed by atoms with Crippen molar-refractivity contribution in [3.05, 3.63) is 57.6 Å². The second-order valence-corrected chi connectivity index (χ2v) is 4.43. The smallest absolute Gasteiger partial charge is 0.872 e. The molecule has 23 heavy (non-hydrogen) atoms. The van der Waals surface area contributed by atoms with Gasteiger partial charge in [-0.05, 0) is 30.7 Å². The molecule has 0 aliphatic heterocycles. The normalized spacial score (nSPS) is 10.3. The maximum Gasteiger partial charge on any atom is 1.00 e. The number of aryl methyl sites for hydroxylation is 1. The first-order chi connectivity index (χ1) is 10.4. The van der Waals surface area contributed by atoms with Gasteiger partial charge in [0.1, 0.15) is 0 Å². The van der Waals surface area contributed by atoms with E-state index in [2.05, 4.69) is 10.2 Å². The van der Waals surface area contributed by atoms with Crippen LogP contribution in [0.3, 0.4) is 0 Å². The largest absolute Gasteiger partial charge is 1.00 e. The van der Waals surface area contributed by atoms with E-state index < -0.39 is 22.2 Å². The van der Waals surface area contributed by atoms with Crippen LogP contribution >= 0.6 is 0 Å². The summed E-state index contributed by atoms with van der Waals surface area (Å²) in [5.74, 6) is -2.02. The van der Waals surface area contributed by atoms with Gasteiger partial charge in [-0.15, -0.1) is 5.11 Å². The van der Waals surface area contributed by atoms with Crippen molar-refractivity contribution >= 4 is 23.0 Å². The van der Waals surface area contributed by atoms with Crippen LogP contribution in [0.4, 0.5) is 17.1 Å². The van der Waals surface area contributed by atoms with Crippen LogP contribution in [-0.4, -0.2) is 16.0 Å². The molecule has 1 N–H and O–H groups in total. The Morgan fingerprint density at radius 2 is 1.87 bits per heavy atom. The van der Waals surface area contributed by atoms with Crippen molar-refractivity contribution in [2.75, 3.05) is 0 Å². The van der Waals surface area contributed by atoms with Gasteiger partial charge < -0.3 is 10.2 Å². The molecule has 0 amide bonds. The van der Waals surface area contributed by atoms with E-state index in [0.29, 0.717) is 5.56 Å². The molecule has 0 atom stereocenters. The first kappa shape index (κ1) is 18.8. The van der Waals surface area contributed by atoms with Crippen molar-refractivity contribution in [1.82, 2.24) is 0 Å². The molecule has 0 fully saturated rings. The van der Waals surface area contributed by atoms with E-state index in [1.165, 1.54) is 18.2 Å². The SMILES string of the molecule is Cc1ccc(N=Nc2ccc([O-])c(C(=O)O)c2)c([N+](=O)[O-])c1.[Na+]. The Morgan fingerprint density at radius 3 is 2.48 bits per heavy atom. The van der Waals surface area contributed by atoms with Gasteiger partial charge in [-0.3, -0.25) is 10.1 Å². The predicted molar refractivity (Wildman–Crippen MR) is 74.9 cm³/mol. The van der Waals surface area contributed by atoms with Crippen LogP contribution in [0.2, 0.25) is 0 Å². The van der Waals surface area contributed by atoms with Crippen molar-refractivity contribution in [1.29, 1.82) is 0 Å². The first-order valence-corrected chi connectivity index (χ1v) is 6.09. The van der Waals surface area contributed by atoms with Crippen LogP contribution in [0.25, 0.3) is 0 Å². The average Bonchev–Trinajstić information content (AvgIpc) is 2.46. The minimum Gasteiger partial charge on any atom is -0.872 e. The fourth-order valence-corrected chi connectivity index (χ4v) is 1.72. The molecule has 0 saturated carbocycles.